The van der Waals surface area contributed by atoms with Crippen molar-refractivity contribution in [2.24, 2.45) is 0 Å². The number of alkyl halides is 3. The number of aromatic amines is 1. The summed E-state index contributed by atoms with van der Waals surface area (Å²) in [5.74, 6) is 0. The smallest absolute Gasteiger partial charge is 0.407 e. The third-order valence-corrected chi connectivity index (χ3v) is 4.05. The molecule has 1 aromatic heterocycles. The van der Waals surface area contributed by atoms with Gasteiger partial charge < -0.3 is 30.4 Å². The van der Waals surface area contributed by atoms with Gasteiger partial charge >= 0.3 is 12.3 Å². The number of carbonyl (C=O) groups is 1. The van der Waals surface area contributed by atoms with Crippen molar-refractivity contribution in [3.05, 3.63) is 28.2 Å². The topological polar surface area (TPSA) is 104 Å². The van der Waals surface area contributed by atoms with E-state index in [9.17, 15) is 22.8 Å². The van der Waals surface area contributed by atoms with Crippen LogP contribution in [0.1, 0.15) is 12.0 Å². The molecule has 152 valence electrons. The van der Waals surface area contributed by atoms with Crippen LogP contribution in [0.4, 0.5) is 23.7 Å². The minimum atomic E-state index is -4.48. The van der Waals surface area contributed by atoms with Crippen LogP contribution in [0.25, 0.3) is 0 Å². The van der Waals surface area contributed by atoms with Gasteiger partial charge in [0.15, 0.2) is 0 Å². The molecule has 0 radical (unpaired) electrons. The highest BCUT2D eigenvalue weighted by Gasteiger charge is 2.28. The fraction of sp³-hybridized carbons (Fsp3) is 0.625. The number of morpholine rings is 1. The van der Waals surface area contributed by atoms with Gasteiger partial charge in [-0.2, -0.15) is 13.2 Å². The molecule has 2 heterocycles. The number of rotatable bonds is 7. The Morgan fingerprint density at radius 1 is 1.44 bits per heavy atom. The van der Waals surface area contributed by atoms with E-state index in [0.717, 1.165) is 5.56 Å². The van der Waals surface area contributed by atoms with Crippen molar-refractivity contribution in [2.45, 2.75) is 31.2 Å². The maximum absolute atomic E-state index is 12.0. The molecule has 1 saturated heterocycles. The average molecular weight is 392 g/mol. The number of ether oxygens (including phenoxy) is 2. The van der Waals surface area contributed by atoms with Gasteiger partial charge in [0, 0.05) is 19.8 Å². The van der Waals surface area contributed by atoms with Crippen LogP contribution in [0.15, 0.2) is 17.1 Å². The van der Waals surface area contributed by atoms with Crippen molar-refractivity contribution in [1.29, 1.82) is 0 Å². The first kappa shape index (κ1) is 21.0. The van der Waals surface area contributed by atoms with E-state index in [0.29, 0.717) is 25.1 Å². The van der Waals surface area contributed by atoms with Crippen LogP contribution < -0.4 is 21.5 Å². The van der Waals surface area contributed by atoms with E-state index in [1.54, 1.807) is 18.6 Å². The Kier molecular flexibility index (Phi) is 7.48. The summed E-state index contributed by atoms with van der Waals surface area (Å²) in [6, 6.07) is 1.55. The predicted molar refractivity (Wildman–Crippen MR) is 91.9 cm³/mol. The van der Waals surface area contributed by atoms with Gasteiger partial charge in [-0.3, -0.25) is 4.79 Å². The molecule has 0 bridgehead atoms. The highest BCUT2D eigenvalue weighted by atomic mass is 19.4. The number of H-pyrrole nitrogens is 1. The Balaban J connectivity index is 1.68. The molecule has 0 aromatic carbocycles. The van der Waals surface area contributed by atoms with Crippen LogP contribution in [0.2, 0.25) is 0 Å². The Morgan fingerprint density at radius 3 is 2.85 bits per heavy atom. The maximum atomic E-state index is 12.0. The fourth-order valence-electron chi connectivity index (χ4n) is 2.68. The molecular weight excluding hydrogens is 369 g/mol. The van der Waals surface area contributed by atoms with Crippen molar-refractivity contribution in [3.63, 3.8) is 0 Å². The molecule has 2 rings (SSSR count). The third kappa shape index (κ3) is 7.10. The van der Waals surface area contributed by atoms with Gasteiger partial charge in [-0.1, -0.05) is 0 Å². The largest absolute Gasteiger partial charge is 0.448 e. The van der Waals surface area contributed by atoms with E-state index in [-0.39, 0.29) is 30.9 Å². The van der Waals surface area contributed by atoms with Gasteiger partial charge in [-0.05, 0) is 24.5 Å². The second kappa shape index (κ2) is 9.60. The lowest BCUT2D eigenvalue weighted by atomic mass is 10.0. The zero-order valence-electron chi connectivity index (χ0n) is 14.8. The van der Waals surface area contributed by atoms with Crippen molar-refractivity contribution < 1.29 is 27.4 Å². The molecule has 4 N–H and O–H groups in total. The summed E-state index contributed by atoms with van der Waals surface area (Å²) < 4.78 is 46.4. The quantitative estimate of drug-likeness (QED) is 0.552. The van der Waals surface area contributed by atoms with Crippen LogP contribution in [0, 0.1) is 0 Å². The average Bonchev–Trinajstić information content (AvgIpc) is 2.63. The summed E-state index contributed by atoms with van der Waals surface area (Å²) in [4.78, 5) is 25.5. The molecule has 0 aliphatic carbocycles. The summed E-state index contributed by atoms with van der Waals surface area (Å²) in [6.07, 6.45) is -2.75. The molecule has 1 aromatic rings. The molecule has 1 amide bonds. The molecule has 1 aliphatic rings. The molecular formula is C16H23F3N4O4. The standard InChI is InChI=1S/C16H23F3N4O4/c1-20-13-10(4-5-21-14(13)24)2-3-12-6-22-11(7-26-12)8-27-15(25)23-9-16(17,18)19/h4-5,11-12,20,22H,2-3,6-9H2,1H3,(H,21,24)(H,23,25)/t11-,12+/m0/s1. The van der Waals surface area contributed by atoms with Gasteiger partial charge in [0.05, 0.1) is 18.8 Å². The van der Waals surface area contributed by atoms with Gasteiger partial charge in [0.25, 0.3) is 5.56 Å². The van der Waals surface area contributed by atoms with Crippen LogP contribution in [0.3, 0.4) is 0 Å². The summed E-state index contributed by atoms with van der Waals surface area (Å²) in [5, 5.41) is 7.65. The molecule has 0 unspecified atom stereocenters. The van der Waals surface area contributed by atoms with E-state index >= 15 is 0 Å². The van der Waals surface area contributed by atoms with Gasteiger partial charge in [-0.25, -0.2) is 4.79 Å². The summed E-state index contributed by atoms with van der Waals surface area (Å²) in [6.45, 7) is -0.741. The van der Waals surface area contributed by atoms with Crippen molar-refractivity contribution >= 4 is 11.8 Å². The number of aryl methyl sites for hydroxylation is 1. The normalized spacial score (nSPS) is 20.1. The summed E-state index contributed by atoms with van der Waals surface area (Å²) in [5.41, 5.74) is 1.23. The lowest BCUT2D eigenvalue weighted by molar-refractivity contribution is -0.123. The van der Waals surface area contributed by atoms with Crippen molar-refractivity contribution in [2.75, 3.05) is 38.7 Å². The Hall–Kier alpha value is -2.27. The van der Waals surface area contributed by atoms with Crippen LogP contribution in [-0.4, -0.2) is 62.8 Å². The van der Waals surface area contributed by atoms with Crippen LogP contribution >= 0.6 is 0 Å². The minimum Gasteiger partial charge on any atom is -0.448 e. The van der Waals surface area contributed by atoms with E-state index in [1.807, 2.05) is 6.07 Å². The lowest BCUT2D eigenvalue weighted by Crippen LogP contribution is -2.49. The zero-order chi connectivity index (χ0) is 19.9. The van der Waals surface area contributed by atoms with Gasteiger partial charge in [0.1, 0.15) is 18.8 Å². The number of hydrogen-bond donors (Lipinski definition) is 4. The molecule has 1 aliphatic heterocycles. The zero-order valence-corrected chi connectivity index (χ0v) is 14.8. The second-order valence-electron chi connectivity index (χ2n) is 6.12. The highest BCUT2D eigenvalue weighted by molar-refractivity contribution is 5.67. The Bertz CT molecular complexity index is 672. The Labute approximate surface area is 153 Å². The first-order valence-corrected chi connectivity index (χ1v) is 8.49. The molecule has 11 heteroatoms. The van der Waals surface area contributed by atoms with Gasteiger partial charge in [-0.15, -0.1) is 0 Å². The van der Waals surface area contributed by atoms with Crippen LogP contribution in [-0.2, 0) is 15.9 Å². The lowest BCUT2D eigenvalue weighted by Gasteiger charge is -2.30. The number of nitrogens with one attached hydrogen (secondary N) is 4. The first-order chi connectivity index (χ1) is 12.8. The number of amides is 1. The molecule has 27 heavy (non-hydrogen) atoms. The fourth-order valence-corrected chi connectivity index (χ4v) is 2.68. The number of carbonyl (C=O) groups excluding carboxylic acids is 1. The number of pyridine rings is 1. The maximum Gasteiger partial charge on any atom is 0.407 e. The SMILES string of the molecule is CNc1c(CC[C@@H]2CN[C@H](COC(=O)NCC(F)(F)F)CO2)cc[nH]c1=O. The van der Waals surface area contributed by atoms with E-state index in [1.165, 1.54) is 0 Å². The molecule has 0 spiro atoms. The molecule has 1 fully saturated rings. The minimum absolute atomic E-state index is 0.0794. The Morgan fingerprint density at radius 2 is 2.22 bits per heavy atom. The number of alkyl carbamates (subject to hydrolysis) is 1. The van der Waals surface area contributed by atoms with Crippen molar-refractivity contribution in [1.82, 2.24) is 15.6 Å². The van der Waals surface area contributed by atoms with Crippen molar-refractivity contribution in [3.8, 4) is 0 Å². The highest BCUT2D eigenvalue weighted by Crippen LogP contribution is 2.15. The van der Waals surface area contributed by atoms with Crippen LogP contribution in [0.5, 0.6) is 0 Å². The number of aromatic nitrogens is 1. The van der Waals surface area contributed by atoms with E-state index in [4.69, 9.17) is 9.47 Å². The summed E-state index contributed by atoms with van der Waals surface area (Å²) in [7, 11) is 1.68. The second-order valence-corrected chi connectivity index (χ2v) is 6.12. The van der Waals surface area contributed by atoms with E-state index in [2.05, 4.69) is 15.6 Å². The monoisotopic (exact) mass is 392 g/mol. The van der Waals surface area contributed by atoms with E-state index < -0.39 is 18.8 Å². The molecule has 8 nitrogen and oxygen atoms in total. The molecule has 2 atom stereocenters. The predicted octanol–water partition coefficient (Wildman–Crippen LogP) is 0.995. The summed E-state index contributed by atoms with van der Waals surface area (Å²) >= 11 is 0. The first-order valence-electron chi connectivity index (χ1n) is 8.49. The number of hydrogen-bond acceptors (Lipinski definition) is 6. The number of anilines is 1. The number of halogens is 3. The third-order valence-electron chi connectivity index (χ3n) is 4.05. The molecule has 0 saturated carbocycles. The van der Waals surface area contributed by atoms with Gasteiger partial charge in [0.2, 0.25) is 0 Å².